The number of nitrogens with one attached hydrogen (secondary N) is 1. The highest BCUT2D eigenvalue weighted by Crippen LogP contribution is 2.33. The number of hydrogen-bond acceptors (Lipinski definition) is 2. The van der Waals surface area contributed by atoms with E-state index in [4.69, 9.17) is 0 Å². The molecule has 90 valence electrons. The Morgan fingerprint density at radius 1 is 1.27 bits per heavy atom. The summed E-state index contributed by atoms with van der Waals surface area (Å²) >= 11 is 0. The number of hydrogen-bond donors (Lipinski definition) is 1. The van der Waals surface area contributed by atoms with Gasteiger partial charge in [0, 0.05) is 19.1 Å². The Labute approximate surface area is 95.4 Å². The Bertz CT molecular complexity index is 169. The SMILES string of the molecule is CCC1(C)CCN(CCNC(C)C)CC1. The smallest absolute Gasteiger partial charge is 0.0107 e. The fraction of sp³-hybridized carbons (Fsp3) is 1.00. The molecule has 0 spiro atoms. The first kappa shape index (κ1) is 13.0. The molecule has 1 rings (SSSR count). The standard InChI is InChI=1S/C13H28N2/c1-5-13(4)6-9-15(10-7-13)11-8-14-12(2)3/h12,14H,5-11H2,1-4H3. The van der Waals surface area contributed by atoms with Gasteiger partial charge in [0.15, 0.2) is 0 Å². The van der Waals surface area contributed by atoms with Crippen LogP contribution in [0.15, 0.2) is 0 Å². The van der Waals surface area contributed by atoms with Crippen LogP contribution in [0.5, 0.6) is 0 Å². The van der Waals surface area contributed by atoms with E-state index in [0.29, 0.717) is 11.5 Å². The number of rotatable bonds is 5. The number of piperidine rings is 1. The van der Waals surface area contributed by atoms with Gasteiger partial charge in [-0.3, -0.25) is 0 Å². The number of nitrogens with zero attached hydrogens (tertiary/aromatic N) is 1. The highest BCUT2D eigenvalue weighted by molar-refractivity contribution is 4.81. The van der Waals surface area contributed by atoms with E-state index >= 15 is 0 Å². The first-order valence-corrected chi connectivity index (χ1v) is 6.51. The van der Waals surface area contributed by atoms with Gasteiger partial charge in [-0.15, -0.1) is 0 Å². The van der Waals surface area contributed by atoms with E-state index in [9.17, 15) is 0 Å². The van der Waals surface area contributed by atoms with Crippen LogP contribution in [0.25, 0.3) is 0 Å². The van der Waals surface area contributed by atoms with Crippen molar-refractivity contribution in [1.82, 2.24) is 10.2 Å². The van der Waals surface area contributed by atoms with E-state index in [-0.39, 0.29) is 0 Å². The Balaban J connectivity index is 2.15. The predicted molar refractivity (Wildman–Crippen MR) is 67.2 cm³/mol. The zero-order valence-electron chi connectivity index (χ0n) is 11.0. The third-order valence-electron chi connectivity index (χ3n) is 3.90. The molecule has 1 N–H and O–H groups in total. The Morgan fingerprint density at radius 3 is 2.33 bits per heavy atom. The zero-order valence-corrected chi connectivity index (χ0v) is 11.0. The van der Waals surface area contributed by atoms with Crippen LogP contribution in [-0.2, 0) is 0 Å². The maximum absolute atomic E-state index is 3.49. The highest BCUT2D eigenvalue weighted by atomic mass is 15.1. The van der Waals surface area contributed by atoms with Gasteiger partial charge in [-0.2, -0.15) is 0 Å². The molecule has 0 amide bonds. The van der Waals surface area contributed by atoms with Gasteiger partial charge >= 0.3 is 0 Å². The molecule has 0 radical (unpaired) electrons. The molecular formula is C13H28N2. The Hall–Kier alpha value is -0.0800. The topological polar surface area (TPSA) is 15.3 Å². The molecule has 0 bridgehead atoms. The van der Waals surface area contributed by atoms with Gasteiger partial charge in [-0.1, -0.05) is 34.1 Å². The summed E-state index contributed by atoms with van der Waals surface area (Å²) in [7, 11) is 0. The van der Waals surface area contributed by atoms with Gasteiger partial charge in [-0.25, -0.2) is 0 Å². The van der Waals surface area contributed by atoms with Crippen molar-refractivity contribution in [3.63, 3.8) is 0 Å². The van der Waals surface area contributed by atoms with E-state index in [1.165, 1.54) is 38.9 Å². The summed E-state index contributed by atoms with van der Waals surface area (Å²) in [4.78, 5) is 2.60. The average Bonchev–Trinajstić information content (AvgIpc) is 2.21. The minimum absolute atomic E-state index is 0.621. The van der Waals surface area contributed by atoms with Gasteiger partial charge in [0.2, 0.25) is 0 Å². The molecule has 2 heteroatoms. The second-order valence-electron chi connectivity index (χ2n) is 5.61. The van der Waals surface area contributed by atoms with E-state index in [1.807, 2.05) is 0 Å². The van der Waals surface area contributed by atoms with E-state index < -0.39 is 0 Å². The molecular weight excluding hydrogens is 184 g/mol. The summed E-state index contributed by atoms with van der Waals surface area (Å²) < 4.78 is 0. The van der Waals surface area contributed by atoms with Crippen molar-refractivity contribution in [2.45, 2.75) is 53.0 Å². The summed E-state index contributed by atoms with van der Waals surface area (Å²) in [6.45, 7) is 14.1. The predicted octanol–water partition coefficient (Wildman–Crippen LogP) is 2.50. The second-order valence-corrected chi connectivity index (χ2v) is 5.61. The molecule has 0 aromatic rings. The van der Waals surface area contributed by atoms with Gasteiger partial charge in [-0.05, 0) is 31.3 Å². The summed E-state index contributed by atoms with van der Waals surface area (Å²) in [6.07, 6.45) is 4.10. The van der Waals surface area contributed by atoms with Crippen LogP contribution in [0.3, 0.4) is 0 Å². The van der Waals surface area contributed by atoms with Crippen molar-refractivity contribution in [1.29, 1.82) is 0 Å². The van der Waals surface area contributed by atoms with Crippen molar-refractivity contribution >= 4 is 0 Å². The maximum atomic E-state index is 3.49. The van der Waals surface area contributed by atoms with E-state index in [2.05, 4.69) is 37.9 Å². The van der Waals surface area contributed by atoms with Gasteiger partial charge in [0.25, 0.3) is 0 Å². The minimum Gasteiger partial charge on any atom is -0.313 e. The highest BCUT2D eigenvalue weighted by Gasteiger charge is 2.27. The van der Waals surface area contributed by atoms with Crippen molar-refractivity contribution in [3.05, 3.63) is 0 Å². The normalized spacial score (nSPS) is 22.2. The fourth-order valence-corrected chi connectivity index (χ4v) is 2.18. The van der Waals surface area contributed by atoms with Crippen LogP contribution in [0.4, 0.5) is 0 Å². The third kappa shape index (κ3) is 4.52. The lowest BCUT2D eigenvalue weighted by atomic mass is 9.78. The van der Waals surface area contributed by atoms with Crippen LogP contribution < -0.4 is 5.32 Å². The summed E-state index contributed by atoms with van der Waals surface area (Å²) in [5.41, 5.74) is 0.627. The van der Waals surface area contributed by atoms with Crippen molar-refractivity contribution in [3.8, 4) is 0 Å². The molecule has 1 saturated heterocycles. The molecule has 2 nitrogen and oxygen atoms in total. The van der Waals surface area contributed by atoms with Crippen LogP contribution in [0, 0.1) is 5.41 Å². The van der Waals surface area contributed by atoms with Crippen LogP contribution in [-0.4, -0.2) is 37.1 Å². The second kappa shape index (κ2) is 5.86. The molecule has 0 aromatic heterocycles. The molecule has 1 aliphatic heterocycles. The Kier molecular flexibility index (Phi) is 5.07. The average molecular weight is 212 g/mol. The summed E-state index contributed by atoms with van der Waals surface area (Å²) in [5, 5.41) is 3.49. The lowest BCUT2D eigenvalue weighted by Gasteiger charge is -2.39. The van der Waals surface area contributed by atoms with Gasteiger partial charge < -0.3 is 10.2 Å². The molecule has 1 fully saturated rings. The summed E-state index contributed by atoms with van der Waals surface area (Å²) in [6, 6.07) is 0.621. The zero-order chi connectivity index (χ0) is 11.3. The number of likely N-dealkylation sites (tertiary alicyclic amines) is 1. The fourth-order valence-electron chi connectivity index (χ4n) is 2.18. The van der Waals surface area contributed by atoms with Crippen molar-refractivity contribution in [2.24, 2.45) is 5.41 Å². The molecule has 0 saturated carbocycles. The molecule has 1 heterocycles. The van der Waals surface area contributed by atoms with E-state index in [0.717, 1.165) is 6.54 Å². The lowest BCUT2D eigenvalue weighted by molar-refractivity contribution is 0.115. The largest absolute Gasteiger partial charge is 0.313 e. The molecule has 0 atom stereocenters. The monoisotopic (exact) mass is 212 g/mol. The Morgan fingerprint density at radius 2 is 1.87 bits per heavy atom. The van der Waals surface area contributed by atoms with Crippen LogP contribution in [0.2, 0.25) is 0 Å². The first-order chi connectivity index (χ1) is 7.06. The molecule has 1 aliphatic rings. The molecule has 0 unspecified atom stereocenters. The van der Waals surface area contributed by atoms with Crippen molar-refractivity contribution < 1.29 is 0 Å². The quantitative estimate of drug-likeness (QED) is 0.753. The van der Waals surface area contributed by atoms with Crippen LogP contribution >= 0.6 is 0 Å². The first-order valence-electron chi connectivity index (χ1n) is 6.51. The third-order valence-corrected chi connectivity index (χ3v) is 3.90. The molecule has 0 aromatic carbocycles. The van der Waals surface area contributed by atoms with Gasteiger partial charge in [0.1, 0.15) is 0 Å². The van der Waals surface area contributed by atoms with Crippen LogP contribution in [0.1, 0.15) is 47.0 Å². The molecule has 15 heavy (non-hydrogen) atoms. The van der Waals surface area contributed by atoms with E-state index in [1.54, 1.807) is 0 Å². The molecule has 0 aliphatic carbocycles. The maximum Gasteiger partial charge on any atom is 0.0107 e. The minimum atomic E-state index is 0.621. The lowest BCUT2D eigenvalue weighted by Crippen LogP contribution is -2.42. The van der Waals surface area contributed by atoms with Gasteiger partial charge in [0.05, 0.1) is 0 Å². The van der Waals surface area contributed by atoms with Crippen molar-refractivity contribution in [2.75, 3.05) is 26.2 Å². The summed E-state index contributed by atoms with van der Waals surface area (Å²) in [5.74, 6) is 0.